The quantitative estimate of drug-likeness (QED) is 0.470. The van der Waals surface area contributed by atoms with E-state index < -0.39 is 5.82 Å². The zero-order chi connectivity index (χ0) is 22.1. The lowest BCUT2D eigenvalue weighted by Gasteiger charge is -2.25. The molecule has 0 saturated heterocycles. The second-order valence-corrected chi connectivity index (χ2v) is 7.82. The second kappa shape index (κ2) is 8.37. The van der Waals surface area contributed by atoms with Gasteiger partial charge in [0.1, 0.15) is 18.5 Å². The van der Waals surface area contributed by atoms with E-state index in [1.165, 1.54) is 28.8 Å². The van der Waals surface area contributed by atoms with E-state index in [1.807, 2.05) is 30.3 Å². The SMILES string of the molecule is COc1cc(C2NCCc3c2[nH]c2ccccc32)ccc1OCc1ccc(F)c(C#N)c1. The van der Waals surface area contributed by atoms with Crippen LogP contribution in [0.3, 0.4) is 0 Å². The lowest BCUT2D eigenvalue weighted by atomic mass is 9.94. The molecule has 0 radical (unpaired) electrons. The molecular weight excluding hydrogens is 405 g/mol. The van der Waals surface area contributed by atoms with Crippen LogP contribution in [0.1, 0.15) is 34.0 Å². The average Bonchev–Trinajstić information content (AvgIpc) is 3.22. The molecule has 1 aliphatic rings. The van der Waals surface area contributed by atoms with Gasteiger partial charge in [-0.05, 0) is 53.4 Å². The summed E-state index contributed by atoms with van der Waals surface area (Å²) in [6.45, 7) is 1.10. The summed E-state index contributed by atoms with van der Waals surface area (Å²) in [5.74, 6) is 0.677. The fraction of sp³-hybridized carbons (Fsp3) is 0.192. The van der Waals surface area contributed by atoms with Crippen molar-refractivity contribution in [3.63, 3.8) is 0 Å². The number of fused-ring (bicyclic) bond motifs is 3. The molecule has 5 nitrogen and oxygen atoms in total. The van der Waals surface area contributed by atoms with E-state index in [2.05, 4.69) is 28.5 Å². The molecule has 4 aromatic rings. The van der Waals surface area contributed by atoms with E-state index in [4.69, 9.17) is 14.7 Å². The fourth-order valence-electron chi connectivity index (χ4n) is 4.36. The first-order valence-corrected chi connectivity index (χ1v) is 10.5. The van der Waals surface area contributed by atoms with Crippen molar-refractivity contribution in [2.75, 3.05) is 13.7 Å². The Morgan fingerprint density at radius 1 is 1.09 bits per heavy atom. The fourth-order valence-corrected chi connectivity index (χ4v) is 4.36. The van der Waals surface area contributed by atoms with Crippen molar-refractivity contribution < 1.29 is 13.9 Å². The largest absolute Gasteiger partial charge is 0.493 e. The number of para-hydroxylation sites is 1. The summed E-state index contributed by atoms with van der Waals surface area (Å²) in [5, 5.41) is 13.9. The van der Waals surface area contributed by atoms with Gasteiger partial charge in [0, 0.05) is 23.1 Å². The zero-order valence-corrected chi connectivity index (χ0v) is 17.6. The number of benzene rings is 3. The molecular formula is C26H22FN3O2. The Morgan fingerprint density at radius 3 is 2.81 bits per heavy atom. The normalized spacial score (nSPS) is 15.2. The molecule has 1 atom stereocenters. The molecule has 1 unspecified atom stereocenters. The third-order valence-corrected chi connectivity index (χ3v) is 5.93. The average molecular weight is 427 g/mol. The maximum absolute atomic E-state index is 13.6. The highest BCUT2D eigenvalue weighted by atomic mass is 19.1. The molecule has 2 N–H and O–H groups in total. The van der Waals surface area contributed by atoms with Crippen LogP contribution in [0.15, 0.2) is 60.7 Å². The summed E-state index contributed by atoms with van der Waals surface area (Å²) in [7, 11) is 1.61. The standard InChI is InChI=1S/C26H22FN3O2/c1-31-24-13-17(7-9-23(24)32-15-16-6-8-21(27)18(12-16)14-28)25-26-20(10-11-29-25)19-4-2-3-5-22(19)30-26/h2-9,12-13,25,29-30H,10-11,15H2,1H3. The highest BCUT2D eigenvalue weighted by Gasteiger charge is 2.26. The van der Waals surface area contributed by atoms with E-state index in [9.17, 15) is 4.39 Å². The topological polar surface area (TPSA) is 70.1 Å². The number of aromatic nitrogens is 1. The van der Waals surface area contributed by atoms with Crippen LogP contribution in [0.4, 0.5) is 4.39 Å². The van der Waals surface area contributed by atoms with Gasteiger partial charge in [0.15, 0.2) is 11.5 Å². The Hall–Kier alpha value is -3.82. The number of rotatable bonds is 5. The Morgan fingerprint density at radius 2 is 1.97 bits per heavy atom. The third-order valence-electron chi connectivity index (χ3n) is 5.93. The Balaban J connectivity index is 1.42. The van der Waals surface area contributed by atoms with Gasteiger partial charge in [-0.25, -0.2) is 4.39 Å². The second-order valence-electron chi connectivity index (χ2n) is 7.82. The lowest BCUT2D eigenvalue weighted by Crippen LogP contribution is -2.30. The van der Waals surface area contributed by atoms with E-state index in [-0.39, 0.29) is 18.2 Å². The van der Waals surface area contributed by atoms with E-state index in [1.54, 1.807) is 13.2 Å². The smallest absolute Gasteiger partial charge is 0.161 e. The molecule has 1 aromatic heterocycles. The van der Waals surface area contributed by atoms with Gasteiger partial charge in [-0.3, -0.25) is 0 Å². The van der Waals surface area contributed by atoms with Gasteiger partial charge in [-0.1, -0.05) is 30.3 Å². The highest BCUT2D eigenvalue weighted by molar-refractivity contribution is 5.85. The summed E-state index contributed by atoms with van der Waals surface area (Å²) >= 11 is 0. The molecule has 0 saturated carbocycles. The Kier molecular flexibility index (Phi) is 5.26. The van der Waals surface area contributed by atoms with Gasteiger partial charge in [0.2, 0.25) is 0 Å². The van der Waals surface area contributed by atoms with Crippen LogP contribution in [-0.2, 0) is 13.0 Å². The zero-order valence-electron chi connectivity index (χ0n) is 17.6. The number of hydrogen-bond acceptors (Lipinski definition) is 4. The highest BCUT2D eigenvalue weighted by Crippen LogP contribution is 2.37. The molecule has 1 aliphatic heterocycles. The number of nitrogens with one attached hydrogen (secondary N) is 2. The number of nitriles is 1. The van der Waals surface area contributed by atoms with Crippen molar-refractivity contribution >= 4 is 10.9 Å². The predicted octanol–water partition coefficient (Wildman–Crippen LogP) is 5.00. The summed E-state index contributed by atoms with van der Waals surface area (Å²) in [5.41, 5.74) is 5.48. The van der Waals surface area contributed by atoms with Gasteiger partial charge in [-0.15, -0.1) is 0 Å². The van der Waals surface area contributed by atoms with Crippen LogP contribution in [0.2, 0.25) is 0 Å². The number of methoxy groups -OCH3 is 1. The molecule has 0 aliphatic carbocycles. The van der Waals surface area contributed by atoms with Gasteiger partial charge < -0.3 is 19.8 Å². The number of aromatic amines is 1. The summed E-state index contributed by atoms with van der Waals surface area (Å²) in [6.07, 6.45) is 0.983. The van der Waals surface area contributed by atoms with Gasteiger partial charge in [0.25, 0.3) is 0 Å². The summed E-state index contributed by atoms with van der Waals surface area (Å²) in [6, 6.07) is 20.6. The number of halogens is 1. The molecule has 0 fully saturated rings. The minimum Gasteiger partial charge on any atom is -0.493 e. The number of H-pyrrole nitrogens is 1. The minimum absolute atomic E-state index is 0.00549. The Bertz CT molecular complexity index is 1340. The maximum Gasteiger partial charge on any atom is 0.161 e. The molecule has 5 rings (SSSR count). The number of nitrogens with zero attached hydrogens (tertiary/aromatic N) is 1. The molecule has 32 heavy (non-hydrogen) atoms. The van der Waals surface area contributed by atoms with Crippen LogP contribution < -0.4 is 14.8 Å². The van der Waals surface area contributed by atoms with Crippen LogP contribution >= 0.6 is 0 Å². The molecule has 2 heterocycles. The molecule has 0 bridgehead atoms. The third kappa shape index (κ3) is 3.57. The maximum atomic E-state index is 13.6. The van der Waals surface area contributed by atoms with Crippen molar-refractivity contribution in [1.82, 2.24) is 10.3 Å². The predicted molar refractivity (Wildman–Crippen MR) is 120 cm³/mol. The molecule has 160 valence electrons. The molecule has 0 amide bonds. The first-order chi connectivity index (χ1) is 15.7. The lowest BCUT2D eigenvalue weighted by molar-refractivity contribution is 0.284. The van der Waals surface area contributed by atoms with Gasteiger partial charge in [-0.2, -0.15) is 5.26 Å². The van der Waals surface area contributed by atoms with Crippen molar-refractivity contribution in [3.8, 4) is 17.6 Å². The monoisotopic (exact) mass is 427 g/mol. The minimum atomic E-state index is -0.533. The van der Waals surface area contributed by atoms with Crippen molar-refractivity contribution in [2.24, 2.45) is 0 Å². The summed E-state index contributed by atoms with van der Waals surface area (Å²) < 4.78 is 25.1. The van der Waals surface area contributed by atoms with Gasteiger partial charge in [0.05, 0.1) is 18.7 Å². The van der Waals surface area contributed by atoms with Crippen LogP contribution in [-0.4, -0.2) is 18.6 Å². The molecule has 6 heteroatoms. The van der Waals surface area contributed by atoms with Crippen LogP contribution in [0.5, 0.6) is 11.5 Å². The van der Waals surface area contributed by atoms with Crippen molar-refractivity contribution in [2.45, 2.75) is 19.1 Å². The first kappa shape index (κ1) is 20.1. The van der Waals surface area contributed by atoms with Crippen LogP contribution in [0.25, 0.3) is 10.9 Å². The molecule has 0 spiro atoms. The van der Waals surface area contributed by atoms with E-state index in [0.717, 1.165) is 24.0 Å². The van der Waals surface area contributed by atoms with Gasteiger partial charge >= 0.3 is 0 Å². The number of hydrogen-bond donors (Lipinski definition) is 2. The Labute approximate surface area is 185 Å². The molecule has 3 aromatic carbocycles. The number of ether oxygens (including phenoxy) is 2. The van der Waals surface area contributed by atoms with Crippen molar-refractivity contribution in [3.05, 3.63) is 94.4 Å². The van der Waals surface area contributed by atoms with E-state index >= 15 is 0 Å². The van der Waals surface area contributed by atoms with E-state index in [0.29, 0.717) is 17.1 Å². The van der Waals surface area contributed by atoms with Crippen LogP contribution in [0, 0.1) is 17.1 Å². The summed E-state index contributed by atoms with van der Waals surface area (Å²) in [4.78, 5) is 3.59. The van der Waals surface area contributed by atoms with Crippen molar-refractivity contribution in [1.29, 1.82) is 5.26 Å². The first-order valence-electron chi connectivity index (χ1n) is 10.5.